The van der Waals surface area contributed by atoms with Crippen molar-refractivity contribution in [3.63, 3.8) is 0 Å². The molecule has 0 saturated heterocycles. The third kappa shape index (κ3) is 4.19. The van der Waals surface area contributed by atoms with Gasteiger partial charge in [-0.05, 0) is 30.9 Å². The maximum absolute atomic E-state index is 5.13. The van der Waals surface area contributed by atoms with Crippen LogP contribution in [0.15, 0.2) is 18.5 Å². The van der Waals surface area contributed by atoms with E-state index in [1.54, 1.807) is 7.11 Å². The molecule has 0 bridgehead atoms. The molecule has 0 aromatic carbocycles. The second-order valence-electron chi connectivity index (χ2n) is 4.53. The van der Waals surface area contributed by atoms with Gasteiger partial charge in [0.1, 0.15) is 0 Å². The second-order valence-corrected chi connectivity index (χ2v) is 4.53. The Labute approximate surface area is 98.2 Å². The summed E-state index contributed by atoms with van der Waals surface area (Å²) in [6.07, 6.45) is 4.75. The number of anilines is 1. The SMILES string of the molecule is COCCC(Nc1cncc(C)c1)C(C)C. The lowest BCUT2D eigenvalue weighted by molar-refractivity contribution is 0.184. The van der Waals surface area contributed by atoms with E-state index in [9.17, 15) is 0 Å². The number of hydrogen-bond donors (Lipinski definition) is 1. The van der Waals surface area contributed by atoms with Crippen LogP contribution in [0, 0.1) is 12.8 Å². The van der Waals surface area contributed by atoms with Crippen LogP contribution in [0.1, 0.15) is 25.8 Å². The van der Waals surface area contributed by atoms with Crippen LogP contribution in [0.25, 0.3) is 0 Å². The van der Waals surface area contributed by atoms with Gasteiger partial charge in [0.15, 0.2) is 0 Å². The van der Waals surface area contributed by atoms with Gasteiger partial charge in [-0.25, -0.2) is 0 Å². The molecule has 0 aliphatic heterocycles. The summed E-state index contributed by atoms with van der Waals surface area (Å²) in [5.41, 5.74) is 2.27. The van der Waals surface area contributed by atoms with Crippen molar-refractivity contribution in [2.24, 2.45) is 5.92 Å². The number of nitrogens with zero attached hydrogens (tertiary/aromatic N) is 1. The first-order chi connectivity index (χ1) is 7.63. The monoisotopic (exact) mass is 222 g/mol. The molecule has 0 saturated carbocycles. The topological polar surface area (TPSA) is 34.1 Å². The minimum Gasteiger partial charge on any atom is -0.385 e. The number of rotatable bonds is 6. The van der Waals surface area contributed by atoms with Crippen molar-refractivity contribution >= 4 is 5.69 Å². The summed E-state index contributed by atoms with van der Waals surface area (Å²) in [6, 6.07) is 2.55. The number of aryl methyl sites for hydroxylation is 1. The number of ether oxygens (including phenoxy) is 1. The summed E-state index contributed by atoms with van der Waals surface area (Å²) in [7, 11) is 1.74. The molecule has 90 valence electrons. The highest BCUT2D eigenvalue weighted by molar-refractivity contribution is 5.43. The molecule has 3 heteroatoms. The average Bonchev–Trinajstić information content (AvgIpc) is 2.24. The van der Waals surface area contributed by atoms with Crippen LogP contribution in [0.3, 0.4) is 0 Å². The first-order valence-corrected chi connectivity index (χ1v) is 5.80. The van der Waals surface area contributed by atoms with Crippen molar-refractivity contribution in [3.05, 3.63) is 24.0 Å². The van der Waals surface area contributed by atoms with Crippen LogP contribution in [-0.4, -0.2) is 24.7 Å². The summed E-state index contributed by atoms with van der Waals surface area (Å²) < 4.78 is 5.13. The molecule has 1 heterocycles. The number of hydrogen-bond acceptors (Lipinski definition) is 3. The number of pyridine rings is 1. The van der Waals surface area contributed by atoms with E-state index in [4.69, 9.17) is 4.74 Å². The molecular formula is C13H22N2O. The molecule has 1 aromatic heterocycles. The third-order valence-corrected chi connectivity index (χ3v) is 2.66. The minimum absolute atomic E-state index is 0.434. The molecule has 0 radical (unpaired) electrons. The Kier molecular flexibility index (Phi) is 5.26. The Morgan fingerprint density at radius 1 is 1.38 bits per heavy atom. The van der Waals surface area contributed by atoms with E-state index in [2.05, 4.69) is 37.1 Å². The van der Waals surface area contributed by atoms with E-state index >= 15 is 0 Å². The van der Waals surface area contributed by atoms with Gasteiger partial charge in [0, 0.05) is 32.2 Å². The maximum Gasteiger partial charge on any atom is 0.0531 e. The largest absolute Gasteiger partial charge is 0.385 e. The van der Waals surface area contributed by atoms with Crippen molar-refractivity contribution in [2.75, 3.05) is 19.0 Å². The van der Waals surface area contributed by atoms with Gasteiger partial charge < -0.3 is 10.1 Å². The van der Waals surface area contributed by atoms with E-state index in [0.717, 1.165) is 18.7 Å². The van der Waals surface area contributed by atoms with E-state index in [0.29, 0.717) is 12.0 Å². The molecule has 1 rings (SSSR count). The third-order valence-electron chi connectivity index (χ3n) is 2.66. The lowest BCUT2D eigenvalue weighted by Crippen LogP contribution is -2.27. The van der Waals surface area contributed by atoms with Crippen LogP contribution < -0.4 is 5.32 Å². The highest BCUT2D eigenvalue weighted by atomic mass is 16.5. The molecular weight excluding hydrogens is 200 g/mol. The maximum atomic E-state index is 5.13. The molecule has 16 heavy (non-hydrogen) atoms. The summed E-state index contributed by atoms with van der Waals surface area (Å²) in [6.45, 7) is 7.28. The Hall–Kier alpha value is -1.09. The summed E-state index contributed by atoms with van der Waals surface area (Å²) in [4.78, 5) is 4.18. The zero-order valence-corrected chi connectivity index (χ0v) is 10.7. The number of aromatic nitrogens is 1. The predicted octanol–water partition coefficient (Wildman–Crippen LogP) is 2.86. The molecule has 1 N–H and O–H groups in total. The van der Waals surface area contributed by atoms with E-state index in [-0.39, 0.29) is 0 Å². The van der Waals surface area contributed by atoms with Crippen molar-refractivity contribution < 1.29 is 4.74 Å². The van der Waals surface area contributed by atoms with Crippen LogP contribution in [-0.2, 0) is 4.74 Å². The van der Waals surface area contributed by atoms with Crippen LogP contribution >= 0.6 is 0 Å². The molecule has 3 nitrogen and oxygen atoms in total. The van der Waals surface area contributed by atoms with Crippen molar-refractivity contribution in [1.82, 2.24) is 4.98 Å². The minimum atomic E-state index is 0.434. The van der Waals surface area contributed by atoms with E-state index in [1.807, 2.05) is 12.4 Å². The molecule has 0 spiro atoms. The van der Waals surface area contributed by atoms with Gasteiger partial charge in [-0.2, -0.15) is 0 Å². The molecule has 1 aromatic rings. The molecule has 1 unspecified atom stereocenters. The number of nitrogens with one attached hydrogen (secondary N) is 1. The summed E-state index contributed by atoms with van der Waals surface area (Å²) in [5.74, 6) is 0.579. The molecule has 1 atom stereocenters. The average molecular weight is 222 g/mol. The van der Waals surface area contributed by atoms with Crippen LogP contribution in [0.4, 0.5) is 5.69 Å². The van der Waals surface area contributed by atoms with Gasteiger partial charge in [-0.3, -0.25) is 4.98 Å². The van der Waals surface area contributed by atoms with Gasteiger partial charge in [-0.1, -0.05) is 13.8 Å². The Morgan fingerprint density at radius 3 is 2.69 bits per heavy atom. The van der Waals surface area contributed by atoms with Gasteiger partial charge in [0.2, 0.25) is 0 Å². The summed E-state index contributed by atoms with van der Waals surface area (Å²) in [5, 5.41) is 3.51. The van der Waals surface area contributed by atoms with Crippen LogP contribution in [0.2, 0.25) is 0 Å². The van der Waals surface area contributed by atoms with E-state index in [1.165, 1.54) is 5.56 Å². The Balaban J connectivity index is 2.60. The lowest BCUT2D eigenvalue weighted by atomic mass is 10.0. The smallest absolute Gasteiger partial charge is 0.0531 e. The first kappa shape index (κ1) is 13.0. The molecule has 0 fully saturated rings. The van der Waals surface area contributed by atoms with Gasteiger partial charge in [0.05, 0.1) is 5.69 Å². The lowest BCUT2D eigenvalue weighted by Gasteiger charge is -2.23. The summed E-state index contributed by atoms with van der Waals surface area (Å²) >= 11 is 0. The Morgan fingerprint density at radius 2 is 2.12 bits per heavy atom. The zero-order valence-electron chi connectivity index (χ0n) is 10.7. The van der Waals surface area contributed by atoms with Crippen molar-refractivity contribution in [1.29, 1.82) is 0 Å². The van der Waals surface area contributed by atoms with Gasteiger partial charge >= 0.3 is 0 Å². The number of methoxy groups -OCH3 is 1. The fourth-order valence-electron chi connectivity index (χ4n) is 1.66. The standard InChI is InChI=1S/C13H22N2O/c1-10(2)13(5-6-16-4)15-12-7-11(3)8-14-9-12/h7-10,13,15H,5-6H2,1-4H3. The quantitative estimate of drug-likeness (QED) is 0.803. The Bertz CT molecular complexity index is 313. The van der Waals surface area contributed by atoms with Gasteiger partial charge in [-0.15, -0.1) is 0 Å². The fourth-order valence-corrected chi connectivity index (χ4v) is 1.66. The highest BCUT2D eigenvalue weighted by Gasteiger charge is 2.12. The second kappa shape index (κ2) is 6.48. The molecule has 0 aliphatic rings. The molecule has 0 amide bonds. The normalized spacial score (nSPS) is 12.8. The molecule has 0 aliphatic carbocycles. The van der Waals surface area contributed by atoms with Crippen molar-refractivity contribution in [2.45, 2.75) is 33.2 Å². The zero-order chi connectivity index (χ0) is 12.0. The van der Waals surface area contributed by atoms with Crippen molar-refractivity contribution in [3.8, 4) is 0 Å². The first-order valence-electron chi connectivity index (χ1n) is 5.80. The predicted molar refractivity (Wildman–Crippen MR) is 67.7 cm³/mol. The fraction of sp³-hybridized carbons (Fsp3) is 0.615. The van der Waals surface area contributed by atoms with Gasteiger partial charge in [0.25, 0.3) is 0 Å². The van der Waals surface area contributed by atoms with E-state index < -0.39 is 0 Å². The highest BCUT2D eigenvalue weighted by Crippen LogP contribution is 2.15. The van der Waals surface area contributed by atoms with Crippen LogP contribution in [0.5, 0.6) is 0 Å².